The molecule has 0 saturated heterocycles. The van der Waals surface area contributed by atoms with Crippen LogP contribution in [0.5, 0.6) is 0 Å². The third-order valence-corrected chi connectivity index (χ3v) is 4.16. The van der Waals surface area contributed by atoms with E-state index in [0.717, 1.165) is 4.88 Å². The molecule has 5 nitrogen and oxygen atoms in total. The first kappa shape index (κ1) is 15.5. The van der Waals surface area contributed by atoms with E-state index < -0.39 is 6.10 Å². The van der Waals surface area contributed by atoms with Crippen LogP contribution in [0.25, 0.3) is 0 Å². The first-order valence-electron chi connectivity index (χ1n) is 6.69. The van der Waals surface area contributed by atoms with Crippen molar-refractivity contribution in [3.8, 4) is 0 Å². The van der Waals surface area contributed by atoms with Gasteiger partial charge in [-0.05, 0) is 37.8 Å². The van der Waals surface area contributed by atoms with E-state index in [-0.39, 0.29) is 17.5 Å². The van der Waals surface area contributed by atoms with Gasteiger partial charge in [0.05, 0.1) is 11.7 Å². The fraction of sp³-hybridized carbons (Fsp3) is 0.333. The SMILES string of the molecule is Cc1[nH]c(=O)ccc1C(=O)NC(C)CC(O)c1cccs1. The van der Waals surface area contributed by atoms with Gasteiger partial charge in [0.2, 0.25) is 5.56 Å². The molecular formula is C15H18N2O3S. The van der Waals surface area contributed by atoms with Crippen LogP contribution >= 0.6 is 11.3 Å². The number of carbonyl (C=O) groups is 1. The number of thiophene rings is 1. The van der Waals surface area contributed by atoms with E-state index in [2.05, 4.69) is 10.3 Å². The fourth-order valence-corrected chi connectivity index (χ4v) is 2.84. The van der Waals surface area contributed by atoms with E-state index in [0.29, 0.717) is 17.7 Å². The summed E-state index contributed by atoms with van der Waals surface area (Å²) in [6.45, 7) is 3.53. The Morgan fingerprint density at radius 3 is 2.81 bits per heavy atom. The highest BCUT2D eigenvalue weighted by molar-refractivity contribution is 7.10. The largest absolute Gasteiger partial charge is 0.387 e. The molecular weight excluding hydrogens is 288 g/mol. The van der Waals surface area contributed by atoms with Gasteiger partial charge in [-0.15, -0.1) is 11.3 Å². The van der Waals surface area contributed by atoms with E-state index in [1.165, 1.54) is 23.5 Å². The van der Waals surface area contributed by atoms with Crippen LogP contribution in [0.15, 0.2) is 34.4 Å². The number of aliphatic hydroxyl groups is 1. The molecule has 21 heavy (non-hydrogen) atoms. The number of aryl methyl sites for hydroxylation is 1. The normalized spacial score (nSPS) is 13.7. The maximum absolute atomic E-state index is 12.1. The minimum Gasteiger partial charge on any atom is -0.387 e. The number of rotatable bonds is 5. The van der Waals surface area contributed by atoms with Gasteiger partial charge in [0.25, 0.3) is 5.91 Å². The molecule has 0 aromatic carbocycles. The van der Waals surface area contributed by atoms with Crippen molar-refractivity contribution in [2.45, 2.75) is 32.4 Å². The van der Waals surface area contributed by atoms with Crippen LogP contribution in [0.3, 0.4) is 0 Å². The molecule has 0 radical (unpaired) electrons. The molecule has 2 rings (SSSR count). The molecule has 0 aliphatic rings. The lowest BCUT2D eigenvalue weighted by Gasteiger charge is -2.17. The smallest absolute Gasteiger partial charge is 0.253 e. The number of pyridine rings is 1. The zero-order valence-electron chi connectivity index (χ0n) is 11.9. The second-order valence-electron chi connectivity index (χ2n) is 5.00. The van der Waals surface area contributed by atoms with Gasteiger partial charge < -0.3 is 15.4 Å². The molecule has 6 heteroatoms. The zero-order chi connectivity index (χ0) is 15.4. The molecule has 0 aliphatic heterocycles. The first-order valence-corrected chi connectivity index (χ1v) is 7.57. The number of H-pyrrole nitrogens is 1. The number of nitrogens with one attached hydrogen (secondary N) is 2. The Labute approximate surface area is 126 Å². The summed E-state index contributed by atoms with van der Waals surface area (Å²) in [5.41, 5.74) is 0.739. The summed E-state index contributed by atoms with van der Waals surface area (Å²) < 4.78 is 0. The Bertz CT molecular complexity index is 664. The fourth-order valence-electron chi connectivity index (χ4n) is 2.12. The average Bonchev–Trinajstić information content (AvgIpc) is 2.91. The monoisotopic (exact) mass is 306 g/mol. The number of hydrogen-bond acceptors (Lipinski definition) is 4. The van der Waals surface area contributed by atoms with Gasteiger partial charge in [-0.2, -0.15) is 0 Å². The van der Waals surface area contributed by atoms with Gasteiger partial charge in [-0.3, -0.25) is 9.59 Å². The third-order valence-electron chi connectivity index (χ3n) is 3.19. The Kier molecular flexibility index (Phi) is 4.93. The van der Waals surface area contributed by atoms with Gasteiger partial charge in [-0.25, -0.2) is 0 Å². The predicted molar refractivity (Wildman–Crippen MR) is 82.6 cm³/mol. The van der Waals surface area contributed by atoms with Crippen molar-refractivity contribution in [2.24, 2.45) is 0 Å². The third kappa shape index (κ3) is 4.03. The van der Waals surface area contributed by atoms with E-state index in [4.69, 9.17) is 0 Å². The second kappa shape index (κ2) is 6.69. The lowest BCUT2D eigenvalue weighted by Crippen LogP contribution is -2.34. The maximum Gasteiger partial charge on any atom is 0.253 e. The minimum absolute atomic E-state index is 0.180. The van der Waals surface area contributed by atoms with Crippen molar-refractivity contribution < 1.29 is 9.90 Å². The summed E-state index contributed by atoms with van der Waals surface area (Å²) in [5, 5.41) is 14.8. The van der Waals surface area contributed by atoms with E-state index in [1.54, 1.807) is 6.92 Å². The summed E-state index contributed by atoms with van der Waals surface area (Å²) in [4.78, 5) is 26.8. The van der Waals surface area contributed by atoms with E-state index in [9.17, 15) is 14.7 Å². The lowest BCUT2D eigenvalue weighted by molar-refractivity contribution is 0.0917. The molecule has 0 saturated carbocycles. The van der Waals surface area contributed by atoms with Gasteiger partial charge >= 0.3 is 0 Å². The maximum atomic E-state index is 12.1. The van der Waals surface area contributed by atoms with Crippen molar-refractivity contribution >= 4 is 17.2 Å². The summed E-state index contributed by atoms with van der Waals surface area (Å²) in [6, 6.07) is 6.41. The topological polar surface area (TPSA) is 82.2 Å². The van der Waals surface area contributed by atoms with E-state index in [1.807, 2.05) is 24.4 Å². The molecule has 3 N–H and O–H groups in total. The summed E-state index contributed by atoms with van der Waals surface area (Å²) in [5.74, 6) is -0.255. The van der Waals surface area contributed by atoms with Crippen LogP contribution in [-0.4, -0.2) is 22.0 Å². The molecule has 0 fully saturated rings. The molecule has 2 aromatic heterocycles. The van der Waals surface area contributed by atoms with Gasteiger partial charge in [-0.1, -0.05) is 6.07 Å². The Hall–Kier alpha value is -1.92. The average molecular weight is 306 g/mol. The van der Waals surface area contributed by atoms with Crippen molar-refractivity contribution in [2.75, 3.05) is 0 Å². The summed E-state index contributed by atoms with van der Waals surface area (Å²) in [6.07, 6.45) is -0.147. The molecule has 2 unspecified atom stereocenters. The highest BCUT2D eigenvalue weighted by Crippen LogP contribution is 2.22. The molecule has 2 atom stereocenters. The zero-order valence-corrected chi connectivity index (χ0v) is 12.7. The van der Waals surface area contributed by atoms with Crippen LogP contribution in [0.4, 0.5) is 0 Å². The lowest BCUT2D eigenvalue weighted by atomic mass is 10.1. The quantitative estimate of drug-likeness (QED) is 0.790. The first-order chi connectivity index (χ1) is 9.97. The predicted octanol–water partition coefficient (Wildman–Crippen LogP) is 1.99. The van der Waals surface area contributed by atoms with Gasteiger partial charge in [0, 0.05) is 22.7 Å². The minimum atomic E-state index is -0.586. The van der Waals surface area contributed by atoms with Gasteiger partial charge in [0.1, 0.15) is 0 Å². The molecule has 0 aliphatic carbocycles. The molecule has 0 bridgehead atoms. The van der Waals surface area contributed by atoms with Crippen LogP contribution in [0.2, 0.25) is 0 Å². The van der Waals surface area contributed by atoms with Crippen molar-refractivity contribution in [3.63, 3.8) is 0 Å². The van der Waals surface area contributed by atoms with Crippen LogP contribution in [0, 0.1) is 6.92 Å². The Morgan fingerprint density at radius 1 is 1.43 bits per heavy atom. The Morgan fingerprint density at radius 2 is 2.19 bits per heavy atom. The van der Waals surface area contributed by atoms with Crippen LogP contribution < -0.4 is 10.9 Å². The van der Waals surface area contributed by atoms with Crippen molar-refractivity contribution in [1.29, 1.82) is 0 Å². The molecule has 112 valence electrons. The number of aromatic nitrogens is 1. The highest BCUT2D eigenvalue weighted by Gasteiger charge is 2.17. The summed E-state index contributed by atoms with van der Waals surface area (Å²) >= 11 is 1.49. The number of aliphatic hydroxyl groups excluding tert-OH is 1. The molecule has 2 aromatic rings. The summed E-state index contributed by atoms with van der Waals surface area (Å²) in [7, 11) is 0. The van der Waals surface area contributed by atoms with E-state index >= 15 is 0 Å². The number of amides is 1. The van der Waals surface area contributed by atoms with Crippen molar-refractivity contribution in [1.82, 2.24) is 10.3 Å². The van der Waals surface area contributed by atoms with Crippen LogP contribution in [-0.2, 0) is 0 Å². The Balaban J connectivity index is 1.97. The highest BCUT2D eigenvalue weighted by atomic mass is 32.1. The van der Waals surface area contributed by atoms with Gasteiger partial charge in [0.15, 0.2) is 0 Å². The number of carbonyl (C=O) groups excluding carboxylic acids is 1. The second-order valence-corrected chi connectivity index (χ2v) is 5.98. The number of aromatic amines is 1. The van der Waals surface area contributed by atoms with Crippen molar-refractivity contribution in [3.05, 3.63) is 56.1 Å². The molecule has 0 spiro atoms. The number of hydrogen-bond donors (Lipinski definition) is 3. The molecule has 2 heterocycles. The van der Waals surface area contributed by atoms with Crippen LogP contribution in [0.1, 0.15) is 40.4 Å². The molecule has 1 amide bonds. The standard InChI is InChI=1S/C15H18N2O3S/c1-9(8-12(18)13-4-3-7-21-13)16-15(20)11-5-6-14(19)17-10(11)2/h3-7,9,12,18H,8H2,1-2H3,(H,16,20)(H,17,19).